The van der Waals surface area contributed by atoms with Crippen molar-refractivity contribution in [2.75, 3.05) is 11.9 Å². The van der Waals surface area contributed by atoms with Crippen LogP contribution in [0.4, 0.5) is 14.9 Å². The SMILES string of the molecule is O=C(Nc1ccc(F)c(-n2cc3cc(Br)cnc3n2)c1)OCC(Cl)(Cl)Cl.S. The van der Waals surface area contributed by atoms with Crippen molar-refractivity contribution in [2.24, 2.45) is 0 Å². The average molecular weight is 517 g/mol. The highest BCUT2D eigenvalue weighted by atomic mass is 79.9. The van der Waals surface area contributed by atoms with Gasteiger partial charge in [-0.15, -0.1) is 5.10 Å². The van der Waals surface area contributed by atoms with Crippen molar-refractivity contribution >= 4 is 87.0 Å². The monoisotopic (exact) mass is 514 g/mol. The van der Waals surface area contributed by atoms with Gasteiger partial charge in [0.05, 0.1) is 0 Å². The van der Waals surface area contributed by atoms with Gasteiger partial charge in [-0.2, -0.15) is 13.5 Å². The lowest BCUT2D eigenvalue weighted by Crippen LogP contribution is -2.21. The van der Waals surface area contributed by atoms with Crippen molar-refractivity contribution in [3.63, 3.8) is 0 Å². The minimum Gasteiger partial charge on any atom is -0.445 e. The van der Waals surface area contributed by atoms with E-state index in [4.69, 9.17) is 39.5 Å². The maximum absolute atomic E-state index is 14.2. The number of carbonyl (C=O) groups excluding carboxylic acids is 1. The molecule has 0 bridgehead atoms. The molecule has 0 saturated heterocycles. The molecular formula is C15H11BrCl3FN4O2S. The number of rotatable bonds is 3. The Hall–Kier alpha value is -1.26. The number of pyridine rings is 1. The predicted octanol–water partition coefficient (Wildman–Crippen LogP) is 5.35. The molecule has 27 heavy (non-hydrogen) atoms. The van der Waals surface area contributed by atoms with Crippen LogP contribution in [0, 0.1) is 5.82 Å². The fourth-order valence-electron chi connectivity index (χ4n) is 2.08. The van der Waals surface area contributed by atoms with Crippen molar-refractivity contribution in [3.05, 3.63) is 46.9 Å². The van der Waals surface area contributed by atoms with Crippen molar-refractivity contribution in [2.45, 2.75) is 3.79 Å². The van der Waals surface area contributed by atoms with E-state index < -0.39 is 22.3 Å². The maximum Gasteiger partial charge on any atom is 0.411 e. The van der Waals surface area contributed by atoms with Crippen molar-refractivity contribution in [3.8, 4) is 5.69 Å². The first-order valence-corrected chi connectivity index (χ1v) is 8.95. The van der Waals surface area contributed by atoms with Crippen molar-refractivity contribution < 1.29 is 13.9 Å². The Morgan fingerprint density at radius 3 is 2.78 bits per heavy atom. The fourth-order valence-corrected chi connectivity index (χ4v) is 2.59. The highest BCUT2D eigenvalue weighted by molar-refractivity contribution is 9.10. The Balaban J connectivity index is 0.00000261. The summed E-state index contributed by atoms with van der Waals surface area (Å²) < 4.78 is 19.4. The van der Waals surface area contributed by atoms with Crippen LogP contribution in [0.3, 0.4) is 0 Å². The number of alkyl halides is 3. The molecule has 1 N–H and O–H groups in total. The average Bonchev–Trinajstić information content (AvgIpc) is 2.97. The first-order valence-electron chi connectivity index (χ1n) is 7.03. The van der Waals surface area contributed by atoms with E-state index in [1.54, 1.807) is 18.5 Å². The normalized spacial score (nSPS) is 11.1. The lowest BCUT2D eigenvalue weighted by molar-refractivity contribution is 0.164. The van der Waals surface area contributed by atoms with Crippen LogP contribution in [0.15, 0.2) is 41.1 Å². The van der Waals surface area contributed by atoms with Gasteiger partial charge in [0.2, 0.25) is 3.79 Å². The number of amides is 1. The van der Waals surface area contributed by atoms with Crippen molar-refractivity contribution in [1.29, 1.82) is 0 Å². The number of hydrogen-bond donors (Lipinski definition) is 1. The molecule has 0 aliphatic heterocycles. The van der Waals surface area contributed by atoms with E-state index in [1.807, 2.05) is 0 Å². The summed E-state index contributed by atoms with van der Waals surface area (Å²) in [4.78, 5) is 15.9. The molecule has 0 atom stereocenters. The second-order valence-electron chi connectivity index (χ2n) is 5.12. The van der Waals surface area contributed by atoms with E-state index in [1.165, 1.54) is 22.9 Å². The molecule has 2 aromatic heterocycles. The van der Waals surface area contributed by atoms with E-state index in [9.17, 15) is 9.18 Å². The van der Waals surface area contributed by atoms with Crippen LogP contribution in [0.5, 0.6) is 0 Å². The predicted molar refractivity (Wildman–Crippen MR) is 112 cm³/mol. The van der Waals surface area contributed by atoms with Crippen LogP contribution in [0.25, 0.3) is 16.7 Å². The molecule has 12 heteroatoms. The summed E-state index contributed by atoms with van der Waals surface area (Å²) in [5, 5.41) is 7.37. The van der Waals surface area contributed by atoms with Crippen LogP contribution in [-0.2, 0) is 4.74 Å². The molecular weight excluding hydrogens is 506 g/mol. The number of anilines is 1. The van der Waals surface area contributed by atoms with Gasteiger partial charge in [0.15, 0.2) is 5.65 Å². The number of nitrogens with one attached hydrogen (secondary N) is 1. The van der Waals surface area contributed by atoms with E-state index in [-0.39, 0.29) is 24.9 Å². The van der Waals surface area contributed by atoms with Gasteiger partial charge < -0.3 is 4.74 Å². The summed E-state index contributed by atoms with van der Waals surface area (Å²) in [6, 6.07) is 5.76. The van der Waals surface area contributed by atoms with Gasteiger partial charge in [-0.1, -0.05) is 34.8 Å². The smallest absolute Gasteiger partial charge is 0.411 e. The number of aromatic nitrogens is 3. The lowest BCUT2D eigenvalue weighted by Gasteiger charge is -2.12. The molecule has 3 rings (SSSR count). The number of carbonyl (C=O) groups is 1. The quantitative estimate of drug-likeness (QED) is 0.477. The third kappa shape index (κ3) is 5.86. The summed E-state index contributed by atoms with van der Waals surface area (Å²) in [5.41, 5.74) is 0.857. The molecule has 0 spiro atoms. The Labute approximate surface area is 183 Å². The third-order valence-electron chi connectivity index (χ3n) is 3.13. The number of benzene rings is 1. The second kappa shape index (κ2) is 8.83. The molecule has 1 amide bonds. The van der Waals surface area contributed by atoms with E-state index >= 15 is 0 Å². The summed E-state index contributed by atoms with van der Waals surface area (Å²) in [5.74, 6) is -0.530. The topological polar surface area (TPSA) is 69.0 Å². The largest absolute Gasteiger partial charge is 0.445 e. The van der Waals surface area contributed by atoms with Crippen molar-refractivity contribution in [1.82, 2.24) is 14.8 Å². The Kier molecular flexibility index (Phi) is 7.20. The zero-order chi connectivity index (χ0) is 18.9. The fraction of sp³-hybridized carbons (Fsp3) is 0.133. The highest BCUT2D eigenvalue weighted by Gasteiger charge is 2.22. The zero-order valence-electron chi connectivity index (χ0n) is 13.2. The number of ether oxygens (including phenoxy) is 1. The van der Waals surface area contributed by atoms with Gasteiger partial charge in [-0.25, -0.2) is 18.9 Å². The first-order chi connectivity index (χ1) is 12.2. The molecule has 6 nitrogen and oxygen atoms in total. The molecule has 1 aromatic carbocycles. The standard InChI is InChI=1S/C15H9BrCl3FN4O2.H2S/c16-9-3-8-6-24(23-13(8)21-5-9)12-4-10(1-2-11(12)20)22-14(25)26-7-15(17,18)19;/h1-6H,7H2,(H,22,25);1H2. The van der Waals surface area contributed by atoms with Crippen LogP contribution in [0.1, 0.15) is 0 Å². The third-order valence-corrected chi connectivity index (χ3v) is 3.89. The van der Waals surface area contributed by atoms with Gasteiger partial charge >= 0.3 is 6.09 Å². The number of fused-ring (bicyclic) bond motifs is 1. The molecule has 144 valence electrons. The van der Waals surface area contributed by atoms with Gasteiger partial charge in [0, 0.05) is 27.9 Å². The minimum absolute atomic E-state index is 0. The molecule has 2 heterocycles. The minimum atomic E-state index is -1.72. The summed E-state index contributed by atoms with van der Waals surface area (Å²) in [6.07, 6.45) is 2.37. The highest BCUT2D eigenvalue weighted by Crippen LogP contribution is 2.26. The molecule has 0 radical (unpaired) electrons. The first kappa shape index (κ1) is 22.0. The molecule has 0 saturated carbocycles. The Morgan fingerprint density at radius 2 is 2.07 bits per heavy atom. The number of nitrogens with zero attached hydrogens (tertiary/aromatic N) is 3. The summed E-state index contributed by atoms with van der Waals surface area (Å²) in [6.45, 7) is -0.428. The van der Waals surface area contributed by atoms with Crippen LogP contribution in [-0.4, -0.2) is 31.3 Å². The lowest BCUT2D eigenvalue weighted by atomic mass is 10.2. The molecule has 0 fully saturated rings. The Morgan fingerprint density at radius 1 is 1.33 bits per heavy atom. The van der Waals surface area contributed by atoms with Gasteiger partial charge in [0.1, 0.15) is 18.1 Å². The molecule has 0 unspecified atom stereocenters. The number of halogens is 5. The zero-order valence-corrected chi connectivity index (χ0v) is 18.1. The molecule has 3 aromatic rings. The molecule has 0 aliphatic rings. The van der Waals surface area contributed by atoms with E-state index in [0.717, 1.165) is 9.86 Å². The van der Waals surface area contributed by atoms with Gasteiger partial charge in [0.25, 0.3) is 0 Å². The maximum atomic E-state index is 14.2. The van der Waals surface area contributed by atoms with E-state index in [0.29, 0.717) is 5.65 Å². The number of hydrogen-bond acceptors (Lipinski definition) is 4. The van der Waals surface area contributed by atoms with E-state index in [2.05, 4.69) is 31.3 Å². The molecule has 0 aliphatic carbocycles. The van der Waals surface area contributed by atoms with Gasteiger partial charge in [-0.05, 0) is 40.2 Å². The Bertz CT molecular complexity index is 983. The second-order valence-corrected chi connectivity index (χ2v) is 8.55. The van der Waals surface area contributed by atoms with Crippen LogP contribution in [0.2, 0.25) is 0 Å². The van der Waals surface area contributed by atoms with Crippen LogP contribution < -0.4 is 5.32 Å². The summed E-state index contributed by atoms with van der Waals surface area (Å²) >= 11 is 19.9. The van der Waals surface area contributed by atoms with Crippen LogP contribution >= 0.6 is 64.2 Å². The summed E-state index contributed by atoms with van der Waals surface area (Å²) in [7, 11) is 0. The van der Waals surface area contributed by atoms with Gasteiger partial charge in [-0.3, -0.25) is 5.32 Å².